The van der Waals surface area contributed by atoms with E-state index in [9.17, 15) is 23.5 Å². The third kappa shape index (κ3) is 11.7. The van der Waals surface area contributed by atoms with Gasteiger partial charge >= 0.3 is 0 Å². The van der Waals surface area contributed by atoms with Crippen molar-refractivity contribution in [3.63, 3.8) is 0 Å². The smallest absolute Gasteiger partial charge is 0.274 e. The summed E-state index contributed by atoms with van der Waals surface area (Å²) < 4.78 is 42.8. The number of carbonyl (C=O) groups is 2. The Hall–Kier alpha value is -6.06. The van der Waals surface area contributed by atoms with Crippen LogP contribution in [0.1, 0.15) is 37.7 Å². The lowest BCUT2D eigenvalue weighted by Gasteiger charge is -2.15. The zero-order chi connectivity index (χ0) is 39.2. The number of rotatable bonds is 13. The summed E-state index contributed by atoms with van der Waals surface area (Å²) in [6, 6.07) is 29.8. The fourth-order valence-electron chi connectivity index (χ4n) is 4.77. The highest BCUT2D eigenvalue weighted by Crippen LogP contribution is 2.35. The molecule has 11 nitrogen and oxygen atoms in total. The number of aromatic hydroxyl groups is 1. The van der Waals surface area contributed by atoms with Crippen LogP contribution in [0.4, 0.5) is 8.78 Å². The van der Waals surface area contributed by atoms with Crippen molar-refractivity contribution in [2.24, 2.45) is 0 Å². The molecular weight excluding hydrogens is 796 g/mol. The molecule has 0 atom stereocenters. The minimum absolute atomic E-state index is 0.101. The second-order valence-electron chi connectivity index (χ2n) is 11.3. The molecule has 0 bridgehead atoms. The molecule has 6 aromatic rings. The number of nitrogens with zero attached hydrogens (tertiary/aromatic N) is 3. The molecular formula is C40H34BrF2N5O6S. The monoisotopic (exact) mass is 829 g/mol. The van der Waals surface area contributed by atoms with Gasteiger partial charge in [0.1, 0.15) is 32.9 Å². The van der Waals surface area contributed by atoms with E-state index >= 15 is 0 Å². The van der Waals surface area contributed by atoms with Crippen LogP contribution in [-0.2, 0) is 19.7 Å². The van der Waals surface area contributed by atoms with E-state index in [0.717, 1.165) is 16.7 Å². The molecule has 0 saturated heterocycles. The molecule has 0 unspecified atom stereocenters. The fourth-order valence-corrected chi connectivity index (χ4v) is 5.93. The summed E-state index contributed by atoms with van der Waals surface area (Å²) in [4.78, 5) is 37.9. The maximum atomic E-state index is 13.0. The third-order valence-electron chi connectivity index (χ3n) is 7.52. The van der Waals surface area contributed by atoms with Gasteiger partial charge in [0, 0.05) is 31.4 Å². The number of amides is 2. The number of methoxy groups -OCH3 is 2. The Kier molecular flexibility index (Phi) is 14.5. The molecule has 3 aromatic carbocycles. The molecule has 55 heavy (non-hydrogen) atoms. The Balaban J connectivity index is 0.000000211. The summed E-state index contributed by atoms with van der Waals surface area (Å²) in [5.74, 6) is -1.24. The Morgan fingerprint density at radius 2 is 1.29 bits per heavy atom. The molecule has 2 amide bonds. The fraction of sp³-hybridized carbons (Fsp3) is 0.125. The van der Waals surface area contributed by atoms with Crippen LogP contribution in [0.2, 0.25) is 0 Å². The minimum atomic E-state index is -0.571. The first kappa shape index (κ1) is 40.1. The molecule has 0 aliphatic carbocycles. The summed E-state index contributed by atoms with van der Waals surface area (Å²) in [7, 11) is 2.89. The first-order chi connectivity index (χ1) is 26.6. The number of pyridine rings is 3. The number of aromatic nitrogens is 3. The van der Waals surface area contributed by atoms with Crippen LogP contribution < -0.4 is 24.8 Å². The van der Waals surface area contributed by atoms with Gasteiger partial charge in [-0.05, 0) is 80.8 Å². The number of benzene rings is 3. The largest absolute Gasteiger partial charge is 0.503 e. The van der Waals surface area contributed by atoms with Crippen LogP contribution in [0.5, 0.6) is 23.0 Å². The van der Waals surface area contributed by atoms with E-state index in [4.69, 9.17) is 14.2 Å². The van der Waals surface area contributed by atoms with E-state index in [1.165, 1.54) is 56.3 Å². The normalized spacial score (nSPS) is 10.4. The van der Waals surface area contributed by atoms with Crippen LogP contribution in [-0.4, -0.2) is 46.1 Å². The van der Waals surface area contributed by atoms with E-state index in [-0.39, 0.29) is 60.0 Å². The lowest BCUT2D eigenvalue weighted by Crippen LogP contribution is -2.25. The van der Waals surface area contributed by atoms with Gasteiger partial charge in [0.15, 0.2) is 34.4 Å². The zero-order valence-electron chi connectivity index (χ0n) is 29.5. The van der Waals surface area contributed by atoms with Gasteiger partial charge in [-0.1, -0.05) is 60.7 Å². The van der Waals surface area contributed by atoms with E-state index < -0.39 is 11.8 Å². The van der Waals surface area contributed by atoms with Gasteiger partial charge in [0.25, 0.3) is 11.8 Å². The highest BCUT2D eigenvalue weighted by Gasteiger charge is 2.22. The summed E-state index contributed by atoms with van der Waals surface area (Å²) in [5, 5.41) is 16.8. The molecule has 0 aliphatic heterocycles. The number of hydrogen-bond acceptors (Lipinski definition) is 10. The van der Waals surface area contributed by atoms with E-state index in [1.807, 2.05) is 36.4 Å². The van der Waals surface area contributed by atoms with E-state index in [2.05, 4.69) is 41.5 Å². The molecule has 15 heteroatoms. The predicted octanol–water partition coefficient (Wildman–Crippen LogP) is 7.91. The third-order valence-corrected chi connectivity index (χ3v) is 8.79. The molecule has 0 spiro atoms. The van der Waals surface area contributed by atoms with Crippen molar-refractivity contribution in [3.05, 3.63) is 160 Å². The first-order valence-electron chi connectivity index (χ1n) is 16.5. The number of carbonyl (C=O) groups excluding carboxylic acids is 2. The number of nitrogens with one attached hydrogen (secondary N) is 2. The highest BCUT2D eigenvalue weighted by atomic mass is 79.9. The Bertz CT molecular complexity index is 2200. The van der Waals surface area contributed by atoms with Gasteiger partial charge in [0.05, 0.1) is 14.2 Å². The standard InChI is InChI=1S/C21H18BrFN2O3.C19H16FN3O3S/c1-27-17-11-18(22)25-19(20(17)28-13-15-5-3-2-4-6-15)21(26)24-12-14-7-9-16(23)10-8-14;1-26-14-10-16(27-15-4-2-3-9-21-15)23-17(18(14)24)19(25)22-11-12-5-7-13(20)8-6-12/h2-11H,12-13H2,1H3,(H,24,26);2-10,24H,11H2,1H3,(H,22,25). The molecule has 282 valence electrons. The van der Waals surface area contributed by atoms with Crippen LogP contribution >= 0.6 is 27.7 Å². The molecule has 0 saturated carbocycles. The van der Waals surface area contributed by atoms with Crippen molar-refractivity contribution in [2.75, 3.05) is 14.2 Å². The quantitative estimate of drug-likeness (QED) is 0.0983. The van der Waals surface area contributed by atoms with Crippen LogP contribution in [0, 0.1) is 11.6 Å². The molecule has 6 rings (SSSR count). The highest BCUT2D eigenvalue weighted by molar-refractivity contribution is 9.10. The van der Waals surface area contributed by atoms with Gasteiger partial charge in [-0.25, -0.2) is 23.7 Å². The van der Waals surface area contributed by atoms with Crippen LogP contribution in [0.15, 0.2) is 130 Å². The molecule has 0 aliphatic rings. The van der Waals surface area contributed by atoms with Crippen molar-refractivity contribution in [3.8, 4) is 23.0 Å². The maximum absolute atomic E-state index is 13.0. The number of ether oxygens (including phenoxy) is 3. The van der Waals surface area contributed by atoms with Gasteiger partial charge in [-0.2, -0.15) is 0 Å². The van der Waals surface area contributed by atoms with Crippen molar-refractivity contribution in [1.82, 2.24) is 25.6 Å². The van der Waals surface area contributed by atoms with E-state index in [1.54, 1.807) is 48.7 Å². The molecule has 3 heterocycles. The molecule has 3 N–H and O–H groups in total. The summed E-state index contributed by atoms with van der Waals surface area (Å²) in [5.41, 5.74) is 2.38. The molecule has 3 aromatic heterocycles. The molecule has 0 radical (unpaired) electrons. The molecule has 0 fully saturated rings. The van der Waals surface area contributed by atoms with Crippen LogP contribution in [0.3, 0.4) is 0 Å². The topological polar surface area (TPSA) is 145 Å². The van der Waals surface area contributed by atoms with Crippen molar-refractivity contribution < 1.29 is 37.7 Å². The second kappa shape index (κ2) is 19.9. The number of hydrogen-bond donors (Lipinski definition) is 3. The van der Waals surface area contributed by atoms with Crippen LogP contribution in [0.25, 0.3) is 0 Å². The average Bonchev–Trinajstić information content (AvgIpc) is 3.21. The summed E-state index contributed by atoms with van der Waals surface area (Å²) >= 11 is 4.53. The van der Waals surface area contributed by atoms with Crippen molar-refractivity contribution >= 4 is 39.5 Å². The first-order valence-corrected chi connectivity index (χ1v) is 18.1. The lowest BCUT2D eigenvalue weighted by molar-refractivity contribution is 0.0932. The summed E-state index contributed by atoms with van der Waals surface area (Å²) in [6.07, 6.45) is 1.65. The van der Waals surface area contributed by atoms with Crippen molar-refractivity contribution in [2.45, 2.75) is 29.7 Å². The summed E-state index contributed by atoms with van der Waals surface area (Å²) in [6.45, 7) is 0.659. The average molecular weight is 831 g/mol. The predicted molar refractivity (Wildman–Crippen MR) is 205 cm³/mol. The van der Waals surface area contributed by atoms with Gasteiger partial charge in [0.2, 0.25) is 0 Å². The Morgan fingerprint density at radius 1 is 0.709 bits per heavy atom. The lowest BCUT2D eigenvalue weighted by atomic mass is 10.2. The zero-order valence-corrected chi connectivity index (χ0v) is 31.9. The van der Waals surface area contributed by atoms with E-state index in [0.29, 0.717) is 20.4 Å². The van der Waals surface area contributed by atoms with Gasteiger partial charge in [-0.15, -0.1) is 0 Å². The van der Waals surface area contributed by atoms with Crippen molar-refractivity contribution in [1.29, 1.82) is 0 Å². The Labute approximate surface area is 328 Å². The second-order valence-corrected chi connectivity index (χ2v) is 13.2. The van der Waals surface area contributed by atoms with Gasteiger partial charge < -0.3 is 30.0 Å². The van der Waals surface area contributed by atoms with Gasteiger partial charge in [-0.3, -0.25) is 9.59 Å². The Morgan fingerprint density at radius 3 is 1.85 bits per heavy atom. The number of halogens is 3. The minimum Gasteiger partial charge on any atom is -0.503 e. The maximum Gasteiger partial charge on any atom is 0.274 e. The SMILES string of the molecule is COc1cc(Br)nc(C(=O)NCc2ccc(F)cc2)c1OCc1ccccc1.COc1cc(Sc2ccccn2)nc(C(=O)NCc2ccc(F)cc2)c1O.